The molecule has 0 spiro atoms. The first-order valence-corrected chi connectivity index (χ1v) is 11.4. The minimum Gasteiger partial charge on any atom is -0.328 e. The zero-order chi connectivity index (χ0) is 19.8. The van der Waals surface area contributed by atoms with Crippen molar-refractivity contribution in [2.45, 2.75) is 57.5 Å². The van der Waals surface area contributed by atoms with Crippen LogP contribution in [0.1, 0.15) is 59.5 Å². The molecule has 150 valence electrons. The summed E-state index contributed by atoms with van der Waals surface area (Å²) in [5.41, 5.74) is 5.42. The SMILES string of the molecule is Cn1nc(CN(C(=O)c2csc(-c3ccccc3)n2)C2CCCC2)c2c1CCC2. The van der Waals surface area contributed by atoms with Crippen LogP contribution >= 0.6 is 11.3 Å². The molecule has 1 aromatic carbocycles. The largest absolute Gasteiger partial charge is 0.328 e. The maximum absolute atomic E-state index is 13.5. The van der Waals surface area contributed by atoms with Crippen LogP contribution in [0.15, 0.2) is 35.7 Å². The van der Waals surface area contributed by atoms with Gasteiger partial charge in [-0.25, -0.2) is 4.98 Å². The molecule has 3 aromatic rings. The average Bonchev–Trinajstić information content (AvgIpc) is 3.53. The Morgan fingerprint density at radius 2 is 1.97 bits per heavy atom. The number of thiazole rings is 1. The number of carbonyl (C=O) groups excluding carboxylic acids is 1. The molecule has 1 amide bonds. The second-order valence-electron chi connectivity index (χ2n) is 8.12. The van der Waals surface area contributed by atoms with Crippen molar-refractivity contribution >= 4 is 17.2 Å². The molecule has 6 heteroatoms. The van der Waals surface area contributed by atoms with E-state index in [2.05, 4.69) is 4.90 Å². The van der Waals surface area contributed by atoms with Gasteiger partial charge in [-0.2, -0.15) is 5.10 Å². The molecule has 5 nitrogen and oxygen atoms in total. The number of amides is 1. The van der Waals surface area contributed by atoms with Gasteiger partial charge in [-0.1, -0.05) is 43.2 Å². The van der Waals surface area contributed by atoms with Crippen molar-refractivity contribution in [3.63, 3.8) is 0 Å². The summed E-state index contributed by atoms with van der Waals surface area (Å²) in [5.74, 6) is 0.0488. The van der Waals surface area contributed by atoms with Gasteiger partial charge in [0.2, 0.25) is 0 Å². The van der Waals surface area contributed by atoms with Crippen LogP contribution in [0, 0.1) is 0 Å². The number of benzene rings is 1. The summed E-state index contributed by atoms with van der Waals surface area (Å²) in [7, 11) is 2.03. The third kappa shape index (κ3) is 3.50. The number of carbonyl (C=O) groups is 1. The van der Waals surface area contributed by atoms with Gasteiger partial charge in [-0.3, -0.25) is 9.48 Å². The van der Waals surface area contributed by atoms with Crippen LogP contribution in [0.5, 0.6) is 0 Å². The van der Waals surface area contributed by atoms with Crippen LogP contribution < -0.4 is 0 Å². The van der Waals surface area contributed by atoms with Crippen molar-refractivity contribution in [1.29, 1.82) is 0 Å². The molecule has 2 aliphatic carbocycles. The van der Waals surface area contributed by atoms with Gasteiger partial charge in [0.15, 0.2) is 0 Å². The van der Waals surface area contributed by atoms with E-state index in [1.165, 1.54) is 30.5 Å². The average molecular weight is 407 g/mol. The lowest BCUT2D eigenvalue weighted by molar-refractivity contribution is 0.0655. The summed E-state index contributed by atoms with van der Waals surface area (Å²) in [5, 5.41) is 7.59. The van der Waals surface area contributed by atoms with Crippen molar-refractivity contribution in [1.82, 2.24) is 19.7 Å². The first-order valence-electron chi connectivity index (χ1n) is 10.6. The van der Waals surface area contributed by atoms with E-state index in [0.29, 0.717) is 18.3 Å². The number of hydrogen-bond donors (Lipinski definition) is 0. The van der Waals surface area contributed by atoms with E-state index in [9.17, 15) is 4.79 Å². The Bertz CT molecular complexity index is 1020. The van der Waals surface area contributed by atoms with Gasteiger partial charge in [0.1, 0.15) is 10.7 Å². The first kappa shape index (κ1) is 18.6. The lowest BCUT2D eigenvalue weighted by Gasteiger charge is -2.28. The van der Waals surface area contributed by atoms with Crippen LogP contribution in [-0.4, -0.2) is 31.6 Å². The predicted octanol–water partition coefficient (Wildman–Crippen LogP) is 4.62. The van der Waals surface area contributed by atoms with Crippen LogP contribution in [0.25, 0.3) is 10.6 Å². The maximum Gasteiger partial charge on any atom is 0.273 e. The van der Waals surface area contributed by atoms with Gasteiger partial charge < -0.3 is 4.90 Å². The molecule has 29 heavy (non-hydrogen) atoms. The Kier molecular flexibility index (Phi) is 4.96. The molecule has 0 saturated heterocycles. The highest BCUT2D eigenvalue weighted by molar-refractivity contribution is 7.13. The minimum absolute atomic E-state index is 0.0488. The van der Waals surface area contributed by atoms with E-state index < -0.39 is 0 Å². The quantitative estimate of drug-likeness (QED) is 0.621. The first-order chi connectivity index (χ1) is 14.2. The predicted molar refractivity (Wildman–Crippen MR) is 115 cm³/mol. The smallest absolute Gasteiger partial charge is 0.273 e. The molecule has 0 unspecified atom stereocenters. The normalized spacial score (nSPS) is 16.3. The second-order valence-corrected chi connectivity index (χ2v) is 8.98. The minimum atomic E-state index is 0.0488. The Morgan fingerprint density at radius 3 is 2.76 bits per heavy atom. The number of rotatable bonds is 5. The molecule has 2 heterocycles. The zero-order valence-electron chi connectivity index (χ0n) is 16.8. The number of aryl methyl sites for hydroxylation is 1. The van der Waals surface area contributed by atoms with E-state index >= 15 is 0 Å². The Hall–Kier alpha value is -2.47. The van der Waals surface area contributed by atoms with Crippen LogP contribution in [0.2, 0.25) is 0 Å². The Labute approximate surface area is 175 Å². The van der Waals surface area contributed by atoms with E-state index in [0.717, 1.165) is 41.9 Å². The molecule has 2 aromatic heterocycles. The molecular weight excluding hydrogens is 380 g/mol. The third-order valence-corrected chi connectivity index (χ3v) is 7.18. The van der Waals surface area contributed by atoms with Gasteiger partial charge in [0.05, 0.1) is 12.2 Å². The fourth-order valence-corrected chi connectivity index (χ4v) is 5.60. The van der Waals surface area contributed by atoms with Crippen LogP contribution in [-0.2, 0) is 26.4 Å². The van der Waals surface area contributed by atoms with Gasteiger partial charge in [0, 0.05) is 29.7 Å². The van der Waals surface area contributed by atoms with Crippen LogP contribution in [0.3, 0.4) is 0 Å². The molecule has 0 N–H and O–H groups in total. The highest BCUT2D eigenvalue weighted by Gasteiger charge is 2.31. The maximum atomic E-state index is 13.5. The van der Waals surface area contributed by atoms with Crippen molar-refractivity contribution in [3.8, 4) is 10.6 Å². The van der Waals surface area contributed by atoms with Gasteiger partial charge in [-0.05, 0) is 37.7 Å². The summed E-state index contributed by atoms with van der Waals surface area (Å²) in [6.45, 7) is 0.602. The van der Waals surface area contributed by atoms with Crippen molar-refractivity contribution in [3.05, 3.63) is 58.4 Å². The van der Waals surface area contributed by atoms with Crippen molar-refractivity contribution < 1.29 is 4.79 Å². The summed E-state index contributed by atoms with van der Waals surface area (Å²) in [4.78, 5) is 20.3. The second kappa shape index (κ2) is 7.75. The molecular formula is C23H26N4OS. The number of hydrogen-bond acceptors (Lipinski definition) is 4. The van der Waals surface area contributed by atoms with E-state index in [1.807, 2.05) is 47.4 Å². The van der Waals surface area contributed by atoms with Gasteiger partial charge >= 0.3 is 0 Å². The van der Waals surface area contributed by atoms with Crippen molar-refractivity contribution in [2.75, 3.05) is 0 Å². The molecule has 2 aliphatic rings. The zero-order valence-corrected chi connectivity index (χ0v) is 17.6. The molecule has 1 fully saturated rings. The number of nitrogens with zero attached hydrogens (tertiary/aromatic N) is 4. The fourth-order valence-electron chi connectivity index (χ4n) is 4.80. The number of fused-ring (bicyclic) bond motifs is 1. The highest BCUT2D eigenvalue weighted by atomic mass is 32.1. The van der Waals surface area contributed by atoms with Crippen LogP contribution in [0.4, 0.5) is 0 Å². The monoisotopic (exact) mass is 406 g/mol. The van der Waals surface area contributed by atoms with E-state index in [4.69, 9.17) is 10.1 Å². The lowest BCUT2D eigenvalue weighted by atomic mass is 10.1. The van der Waals surface area contributed by atoms with Gasteiger partial charge in [0.25, 0.3) is 5.91 Å². The Morgan fingerprint density at radius 1 is 1.17 bits per heavy atom. The Balaban J connectivity index is 1.44. The van der Waals surface area contributed by atoms with Gasteiger partial charge in [-0.15, -0.1) is 11.3 Å². The van der Waals surface area contributed by atoms with Crippen molar-refractivity contribution in [2.24, 2.45) is 7.05 Å². The third-order valence-electron chi connectivity index (χ3n) is 6.29. The summed E-state index contributed by atoms with van der Waals surface area (Å²) in [6, 6.07) is 10.4. The lowest BCUT2D eigenvalue weighted by Crippen LogP contribution is -2.38. The van der Waals surface area contributed by atoms with E-state index in [-0.39, 0.29) is 5.91 Å². The molecule has 0 aliphatic heterocycles. The molecule has 0 radical (unpaired) electrons. The molecule has 0 atom stereocenters. The summed E-state index contributed by atoms with van der Waals surface area (Å²) in [6.07, 6.45) is 7.93. The van der Waals surface area contributed by atoms with E-state index in [1.54, 1.807) is 11.3 Å². The fraction of sp³-hybridized carbons (Fsp3) is 0.435. The summed E-state index contributed by atoms with van der Waals surface area (Å²) >= 11 is 1.54. The topological polar surface area (TPSA) is 51.0 Å². The standard InChI is InChI=1S/C23H26N4OS/c1-26-21-13-7-12-18(21)19(25-26)14-27(17-10-5-6-11-17)23(28)20-15-29-22(24-20)16-8-3-2-4-9-16/h2-4,8-9,15,17H,5-7,10-14H2,1H3. The highest BCUT2D eigenvalue weighted by Crippen LogP contribution is 2.31. The summed E-state index contributed by atoms with van der Waals surface area (Å²) < 4.78 is 2.02. The molecule has 1 saturated carbocycles. The molecule has 5 rings (SSSR count). The number of aromatic nitrogens is 3. The molecule has 0 bridgehead atoms.